The number of sulfonamides is 1. The number of hydrogen-bond donors (Lipinski definition) is 0. The van der Waals surface area contributed by atoms with Crippen LogP contribution in [0.2, 0.25) is 0 Å². The average Bonchev–Trinajstić information content (AvgIpc) is 3.06. The Labute approximate surface area is 132 Å². The van der Waals surface area contributed by atoms with E-state index in [1.807, 2.05) is 0 Å². The molecule has 0 aliphatic rings. The molecular formula is C14H12FN5O2S. The van der Waals surface area contributed by atoms with Crippen LogP contribution in [0.1, 0.15) is 0 Å². The molecule has 9 heteroatoms. The Morgan fingerprint density at radius 3 is 2.35 bits per heavy atom. The van der Waals surface area contributed by atoms with Crippen LogP contribution in [0.25, 0.3) is 5.69 Å². The highest BCUT2D eigenvalue weighted by Gasteiger charge is 2.27. The van der Waals surface area contributed by atoms with Gasteiger partial charge in [0.2, 0.25) is 0 Å². The molecule has 1 heterocycles. The van der Waals surface area contributed by atoms with Gasteiger partial charge in [0.15, 0.2) is 0 Å². The molecule has 23 heavy (non-hydrogen) atoms. The third-order valence-corrected chi connectivity index (χ3v) is 4.72. The minimum atomic E-state index is -3.93. The van der Waals surface area contributed by atoms with Crippen molar-refractivity contribution in [2.75, 3.05) is 11.4 Å². The molecule has 118 valence electrons. The SMILES string of the molecule is CN(c1ccccc1)S(=O)(=O)c1nnn(-c2ccc(F)cc2)n1. The van der Waals surface area contributed by atoms with Crippen molar-refractivity contribution in [1.82, 2.24) is 20.2 Å². The normalized spacial score (nSPS) is 11.4. The van der Waals surface area contributed by atoms with E-state index in [0.717, 1.165) is 9.10 Å². The van der Waals surface area contributed by atoms with Crippen LogP contribution in [-0.2, 0) is 10.0 Å². The Hall–Kier alpha value is -2.81. The Balaban J connectivity index is 1.94. The number of hydrogen-bond acceptors (Lipinski definition) is 5. The molecule has 0 bridgehead atoms. The lowest BCUT2D eigenvalue weighted by molar-refractivity contribution is 0.584. The van der Waals surface area contributed by atoms with Crippen LogP contribution >= 0.6 is 0 Å². The number of anilines is 1. The van der Waals surface area contributed by atoms with Gasteiger partial charge in [0, 0.05) is 7.05 Å². The summed E-state index contributed by atoms with van der Waals surface area (Å²) in [6.07, 6.45) is 0. The van der Waals surface area contributed by atoms with Crippen LogP contribution in [0, 0.1) is 5.82 Å². The van der Waals surface area contributed by atoms with Crippen LogP contribution in [0.3, 0.4) is 0 Å². The first kappa shape index (κ1) is 15.1. The monoisotopic (exact) mass is 333 g/mol. The molecule has 0 radical (unpaired) electrons. The summed E-state index contributed by atoms with van der Waals surface area (Å²) in [5, 5.41) is 10.7. The van der Waals surface area contributed by atoms with E-state index < -0.39 is 21.0 Å². The lowest BCUT2D eigenvalue weighted by Gasteiger charge is -2.16. The molecular weight excluding hydrogens is 321 g/mol. The fourth-order valence-corrected chi connectivity index (χ4v) is 2.85. The molecule has 2 aromatic carbocycles. The van der Waals surface area contributed by atoms with E-state index in [1.165, 1.54) is 31.3 Å². The molecule has 0 fully saturated rings. The Kier molecular flexibility index (Phi) is 3.78. The summed E-state index contributed by atoms with van der Waals surface area (Å²) in [5.74, 6) is -0.412. The standard InChI is InChI=1S/C14H12FN5O2S/c1-19(12-5-3-2-4-6-12)23(21,22)14-16-18-20(17-14)13-9-7-11(15)8-10-13/h2-10H,1H3. The van der Waals surface area contributed by atoms with Gasteiger partial charge in [0.1, 0.15) is 5.82 Å². The summed E-state index contributed by atoms with van der Waals surface area (Å²) in [7, 11) is -2.53. The van der Waals surface area contributed by atoms with E-state index in [-0.39, 0.29) is 0 Å². The Morgan fingerprint density at radius 1 is 1.04 bits per heavy atom. The van der Waals surface area contributed by atoms with Crippen molar-refractivity contribution in [1.29, 1.82) is 0 Å². The second-order valence-electron chi connectivity index (χ2n) is 4.65. The van der Waals surface area contributed by atoms with Crippen LogP contribution in [0.15, 0.2) is 59.8 Å². The fraction of sp³-hybridized carbons (Fsp3) is 0.0714. The van der Waals surface area contributed by atoms with Crippen molar-refractivity contribution in [2.45, 2.75) is 5.16 Å². The molecule has 1 aromatic heterocycles. The molecule has 0 saturated heterocycles. The largest absolute Gasteiger partial charge is 0.309 e. The van der Waals surface area contributed by atoms with Crippen molar-refractivity contribution < 1.29 is 12.8 Å². The second kappa shape index (κ2) is 5.76. The molecule has 0 saturated carbocycles. The predicted octanol–water partition coefficient (Wildman–Crippen LogP) is 1.63. The van der Waals surface area contributed by atoms with E-state index in [1.54, 1.807) is 30.3 Å². The van der Waals surface area contributed by atoms with Gasteiger partial charge in [-0.2, -0.15) is 8.42 Å². The smallest absolute Gasteiger partial charge is 0.267 e. The van der Waals surface area contributed by atoms with E-state index in [0.29, 0.717) is 11.4 Å². The molecule has 3 aromatic rings. The van der Waals surface area contributed by atoms with Crippen LogP contribution in [-0.4, -0.2) is 35.7 Å². The summed E-state index contributed by atoms with van der Waals surface area (Å²) < 4.78 is 39.0. The Bertz CT molecular complexity index is 910. The van der Waals surface area contributed by atoms with E-state index in [4.69, 9.17) is 0 Å². The molecule has 0 N–H and O–H groups in total. The number of para-hydroxylation sites is 1. The number of aromatic nitrogens is 4. The van der Waals surface area contributed by atoms with E-state index in [2.05, 4.69) is 15.4 Å². The zero-order chi connectivity index (χ0) is 16.4. The zero-order valence-electron chi connectivity index (χ0n) is 12.0. The average molecular weight is 333 g/mol. The van der Waals surface area contributed by atoms with Crippen molar-refractivity contribution in [3.05, 3.63) is 60.4 Å². The summed E-state index contributed by atoms with van der Waals surface area (Å²) >= 11 is 0. The highest BCUT2D eigenvalue weighted by Crippen LogP contribution is 2.19. The van der Waals surface area contributed by atoms with Gasteiger partial charge in [-0.15, -0.1) is 9.90 Å². The lowest BCUT2D eigenvalue weighted by Crippen LogP contribution is -2.27. The van der Waals surface area contributed by atoms with Crippen LogP contribution in [0.5, 0.6) is 0 Å². The van der Waals surface area contributed by atoms with Crippen LogP contribution < -0.4 is 4.31 Å². The first-order valence-electron chi connectivity index (χ1n) is 6.58. The molecule has 0 atom stereocenters. The van der Waals surface area contributed by atoms with Crippen molar-refractivity contribution in [3.8, 4) is 5.69 Å². The van der Waals surface area contributed by atoms with Gasteiger partial charge in [-0.05, 0) is 41.6 Å². The van der Waals surface area contributed by atoms with Crippen LogP contribution in [0.4, 0.5) is 10.1 Å². The molecule has 0 aliphatic carbocycles. The molecule has 3 rings (SSSR count). The van der Waals surface area contributed by atoms with Gasteiger partial charge >= 0.3 is 15.2 Å². The van der Waals surface area contributed by atoms with Gasteiger partial charge in [0.25, 0.3) is 0 Å². The second-order valence-corrected chi connectivity index (χ2v) is 6.51. The number of benzene rings is 2. The van der Waals surface area contributed by atoms with E-state index in [9.17, 15) is 12.8 Å². The minimum Gasteiger partial charge on any atom is -0.267 e. The molecule has 0 spiro atoms. The molecule has 0 aliphatic heterocycles. The topological polar surface area (TPSA) is 81.0 Å². The number of rotatable bonds is 4. The maximum atomic E-state index is 12.9. The van der Waals surface area contributed by atoms with E-state index >= 15 is 0 Å². The first-order valence-corrected chi connectivity index (χ1v) is 8.02. The third-order valence-electron chi connectivity index (χ3n) is 3.16. The molecule has 0 amide bonds. The fourth-order valence-electron chi connectivity index (χ4n) is 1.89. The summed E-state index contributed by atoms with van der Waals surface area (Å²) in [6.45, 7) is 0. The summed E-state index contributed by atoms with van der Waals surface area (Å²) in [5.41, 5.74) is 0.883. The first-order chi connectivity index (χ1) is 11.0. The number of nitrogens with zero attached hydrogens (tertiary/aromatic N) is 5. The summed E-state index contributed by atoms with van der Waals surface area (Å²) in [6, 6.07) is 13.8. The van der Waals surface area contributed by atoms with Gasteiger partial charge in [-0.25, -0.2) is 4.39 Å². The van der Waals surface area contributed by atoms with Gasteiger partial charge in [0.05, 0.1) is 11.4 Å². The van der Waals surface area contributed by atoms with Gasteiger partial charge in [-0.1, -0.05) is 23.3 Å². The lowest BCUT2D eigenvalue weighted by atomic mass is 10.3. The predicted molar refractivity (Wildman–Crippen MR) is 81.1 cm³/mol. The van der Waals surface area contributed by atoms with Crippen molar-refractivity contribution in [2.24, 2.45) is 0 Å². The maximum Gasteiger partial charge on any atom is 0.309 e. The van der Waals surface area contributed by atoms with Crippen molar-refractivity contribution >= 4 is 15.7 Å². The number of halogens is 1. The Morgan fingerprint density at radius 2 is 1.70 bits per heavy atom. The molecule has 0 unspecified atom stereocenters. The van der Waals surface area contributed by atoms with Crippen molar-refractivity contribution in [3.63, 3.8) is 0 Å². The van der Waals surface area contributed by atoms with Gasteiger partial charge < -0.3 is 0 Å². The zero-order valence-corrected chi connectivity index (χ0v) is 12.9. The third kappa shape index (κ3) is 2.90. The molecule has 7 nitrogen and oxygen atoms in total. The summed E-state index contributed by atoms with van der Waals surface area (Å²) in [4.78, 5) is 1.03. The number of tetrazole rings is 1. The minimum absolute atomic E-state index is 0.405. The van der Waals surface area contributed by atoms with Gasteiger partial charge in [-0.3, -0.25) is 4.31 Å². The highest BCUT2D eigenvalue weighted by atomic mass is 32.2. The quantitative estimate of drug-likeness (QED) is 0.725. The highest BCUT2D eigenvalue weighted by molar-refractivity contribution is 7.92. The maximum absolute atomic E-state index is 12.9.